The first-order valence-corrected chi connectivity index (χ1v) is 10.6. The number of hydrazone groups is 1. The van der Waals surface area contributed by atoms with Gasteiger partial charge in [0, 0.05) is 28.5 Å². The molecule has 5 rings (SSSR count). The van der Waals surface area contributed by atoms with Gasteiger partial charge in [-0.2, -0.15) is 5.10 Å². The lowest BCUT2D eigenvalue weighted by atomic mass is 9.86. The fourth-order valence-corrected chi connectivity index (χ4v) is 4.97. The number of methoxy groups -OCH3 is 1. The van der Waals surface area contributed by atoms with Crippen molar-refractivity contribution in [3.05, 3.63) is 58.6 Å². The second-order valence-corrected chi connectivity index (χ2v) is 8.40. The molecule has 0 radical (unpaired) electrons. The Morgan fingerprint density at radius 3 is 2.79 bits per heavy atom. The van der Waals surface area contributed by atoms with E-state index in [1.807, 2.05) is 30.3 Å². The lowest BCUT2D eigenvalue weighted by Gasteiger charge is -2.42. The van der Waals surface area contributed by atoms with Gasteiger partial charge in [0.25, 0.3) is 0 Å². The molecule has 2 atom stereocenters. The summed E-state index contributed by atoms with van der Waals surface area (Å²) in [6.07, 6.45) is 7.17. The minimum atomic E-state index is 0.00193. The summed E-state index contributed by atoms with van der Waals surface area (Å²) < 4.78 is 11.9. The first kappa shape index (κ1) is 17.9. The second kappa shape index (κ2) is 7.32. The minimum absolute atomic E-state index is 0.00193. The van der Waals surface area contributed by atoms with E-state index in [0.717, 1.165) is 39.8 Å². The van der Waals surface area contributed by atoms with E-state index in [0.29, 0.717) is 5.92 Å². The Morgan fingerprint density at radius 2 is 1.96 bits per heavy atom. The van der Waals surface area contributed by atoms with Gasteiger partial charge in [0.1, 0.15) is 11.5 Å². The van der Waals surface area contributed by atoms with E-state index in [-0.39, 0.29) is 12.3 Å². The van der Waals surface area contributed by atoms with Crippen LogP contribution in [0.15, 0.2) is 47.6 Å². The monoisotopic (exact) mass is 396 g/mol. The third-order valence-corrected chi connectivity index (χ3v) is 6.47. The average molecular weight is 397 g/mol. The highest BCUT2D eigenvalue weighted by Crippen LogP contribution is 2.47. The molecule has 4 nitrogen and oxygen atoms in total. The molecule has 2 aromatic rings. The predicted molar refractivity (Wildman–Crippen MR) is 111 cm³/mol. The van der Waals surface area contributed by atoms with Crippen LogP contribution in [0.4, 0.5) is 0 Å². The molecular weight excluding hydrogens is 372 g/mol. The van der Waals surface area contributed by atoms with Crippen LogP contribution < -0.4 is 9.47 Å². The Hall–Kier alpha value is -2.20. The second-order valence-electron chi connectivity index (χ2n) is 7.97. The van der Waals surface area contributed by atoms with Gasteiger partial charge in [0.15, 0.2) is 6.23 Å². The molecule has 3 aliphatic rings. The van der Waals surface area contributed by atoms with Crippen LogP contribution in [0.25, 0.3) is 0 Å². The summed E-state index contributed by atoms with van der Waals surface area (Å²) in [6, 6.07) is 14.3. The molecule has 2 aliphatic heterocycles. The smallest absolute Gasteiger partial charge is 0.190 e. The molecule has 5 heteroatoms. The van der Waals surface area contributed by atoms with Crippen molar-refractivity contribution in [1.82, 2.24) is 5.01 Å². The summed E-state index contributed by atoms with van der Waals surface area (Å²) >= 11 is 6.32. The molecular formula is C23H25ClN2O2. The molecule has 0 N–H and O–H groups in total. The Morgan fingerprint density at radius 1 is 1.11 bits per heavy atom. The first-order valence-electron chi connectivity index (χ1n) is 10.2. The quantitative estimate of drug-likeness (QED) is 0.657. The molecule has 1 aliphatic carbocycles. The van der Waals surface area contributed by atoms with Gasteiger partial charge in [-0.15, -0.1) is 0 Å². The maximum atomic E-state index is 6.50. The maximum absolute atomic E-state index is 6.50. The first-order chi connectivity index (χ1) is 13.7. The van der Waals surface area contributed by atoms with Crippen molar-refractivity contribution < 1.29 is 9.47 Å². The van der Waals surface area contributed by atoms with E-state index in [4.69, 9.17) is 26.2 Å². The number of halogens is 1. The summed E-state index contributed by atoms with van der Waals surface area (Å²) in [6.45, 7) is 0. The van der Waals surface area contributed by atoms with Crippen LogP contribution >= 0.6 is 11.6 Å². The van der Waals surface area contributed by atoms with Gasteiger partial charge in [-0.25, -0.2) is 5.01 Å². The molecule has 0 saturated heterocycles. The van der Waals surface area contributed by atoms with Crippen LogP contribution in [0.2, 0.25) is 5.02 Å². The third-order valence-electron chi connectivity index (χ3n) is 6.24. The number of fused-ring (bicyclic) bond motifs is 3. The van der Waals surface area contributed by atoms with Crippen LogP contribution in [-0.4, -0.2) is 24.1 Å². The molecule has 2 aromatic carbocycles. The Labute approximate surface area is 171 Å². The number of ether oxygens (including phenoxy) is 2. The lowest BCUT2D eigenvalue weighted by Crippen LogP contribution is -2.45. The summed E-state index contributed by atoms with van der Waals surface area (Å²) in [4.78, 5) is 0. The zero-order chi connectivity index (χ0) is 19.1. The Kier molecular flexibility index (Phi) is 4.67. The number of rotatable bonds is 3. The van der Waals surface area contributed by atoms with Gasteiger partial charge >= 0.3 is 0 Å². The summed E-state index contributed by atoms with van der Waals surface area (Å²) in [5.74, 6) is 2.34. The molecule has 0 amide bonds. The van der Waals surface area contributed by atoms with Crippen molar-refractivity contribution >= 4 is 17.3 Å². The highest BCUT2D eigenvalue weighted by molar-refractivity contribution is 6.30. The Bertz CT molecular complexity index is 907. The van der Waals surface area contributed by atoms with E-state index >= 15 is 0 Å². The van der Waals surface area contributed by atoms with Crippen molar-refractivity contribution in [2.24, 2.45) is 11.0 Å². The van der Waals surface area contributed by atoms with E-state index in [2.05, 4.69) is 17.1 Å². The van der Waals surface area contributed by atoms with Crippen LogP contribution in [0.5, 0.6) is 11.5 Å². The van der Waals surface area contributed by atoms with Crippen molar-refractivity contribution in [1.29, 1.82) is 0 Å². The van der Waals surface area contributed by atoms with Gasteiger partial charge in [-0.05, 0) is 43.2 Å². The molecule has 28 heavy (non-hydrogen) atoms. The van der Waals surface area contributed by atoms with E-state index in [1.54, 1.807) is 7.11 Å². The maximum Gasteiger partial charge on any atom is 0.190 e. The molecule has 0 bridgehead atoms. The van der Waals surface area contributed by atoms with Gasteiger partial charge in [-0.3, -0.25) is 0 Å². The van der Waals surface area contributed by atoms with Crippen LogP contribution in [0, 0.1) is 5.92 Å². The zero-order valence-corrected chi connectivity index (χ0v) is 16.9. The molecule has 1 saturated carbocycles. The summed E-state index contributed by atoms with van der Waals surface area (Å²) in [5.41, 5.74) is 3.34. The number of hydrogen-bond acceptors (Lipinski definition) is 4. The van der Waals surface area contributed by atoms with E-state index in [1.165, 1.54) is 32.1 Å². The molecule has 2 unspecified atom stereocenters. The SMILES string of the molecule is COc1cccc(C2=NN3C(C2)c2cc(Cl)ccc2OC3C2CCCCC2)c1. The largest absolute Gasteiger partial charge is 0.497 e. The zero-order valence-electron chi connectivity index (χ0n) is 16.1. The summed E-state index contributed by atoms with van der Waals surface area (Å²) in [7, 11) is 1.70. The highest BCUT2D eigenvalue weighted by Gasteiger charge is 2.43. The Balaban J connectivity index is 1.53. The van der Waals surface area contributed by atoms with Crippen molar-refractivity contribution in [3.8, 4) is 11.5 Å². The topological polar surface area (TPSA) is 34.1 Å². The van der Waals surface area contributed by atoms with Gasteiger partial charge in [0.05, 0.1) is 18.9 Å². The number of hydrogen-bond donors (Lipinski definition) is 0. The van der Waals surface area contributed by atoms with Crippen molar-refractivity contribution in [3.63, 3.8) is 0 Å². The normalized spacial score (nSPS) is 24.2. The van der Waals surface area contributed by atoms with Crippen LogP contribution in [0.3, 0.4) is 0 Å². The van der Waals surface area contributed by atoms with Gasteiger partial charge < -0.3 is 9.47 Å². The fraction of sp³-hybridized carbons (Fsp3) is 0.435. The third kappa shape index (κ3) is 3.14. The standard InChI is InChI=1S/C23H25ClN2O2/c1-27-18-9-5-8-16(12-18)20-14-21-19-13-17(24)10-11-22(19)28-23(26(21)25-20)15-6-3-2-4-7-15/h5,8-13,15,21,23H,2-4,6-7,14H2,1H3. The van der Waals surface area contributed by atoms with Crippen molar-refractivity contribution in [2.45, 2.75) is 50.8 Å². The fourth-order valence-electron chi connectivity index (χ4n) is 4.79. The molecule has 146 valence electrons. The lowest BCUT2D eigenvalue weighted by molar-refractivity contribution is -0.0643. The molecule has 2 heterocycles. The van der Waals surface area contributed by atoms with Gasteiger partial charge in [0.2, 0.25) is 0 Å². The van der Waals surface area contributed by atoms with Gasteiger partial charge in [-0.1, -0.05) is 43.0 Å². The van der Waals surface area contributed by atoms with Crippen LogP contribution in [0.1, 0.15) is 55.7 Å². The summed E-state index contributed by atoms with van der Waals surface area (Å²) in [5, 5.41) is 8.02. The molecule has 0 spiro atoms. The van der Waals surface area contributed by atoms with Crippen molar-refractivity contribution in [2.75, 3.05) is 7.11 Å². The average Bonchev–Trinajstić information content (AvgIpc) is 3.20. The van der Waals surface area contributed by atoms with E-state index < -0.39 is 0 Å². The molecule has 0 aromatic heterocycles. The minimum Gasteiger partial charge on any atom is -0.497 e. The number of nitrogens with zero attached hydrogens (tertiary/aromatic N) is 2. The van der Waals surface area contributed by atoms with Crippen LogP contribution in [-0.2, 0) is 0 Å². The predicted octanol–water partition coefficient (Wildman–Crippen LogP) is 5.80. The van der Waals surface area contributed by atoms with E-state index in [9.17, 15) is 0 Å². The molecule has 1 fully saturated rings. The number of benzene rings is 2. The highest BCUT2D eigenvalue weighted by atomic mass is 35.5.